The number of hydrogen-bond acceptors (Lipinski definition) is 8. The fourth-order valence-corrected chi connectivity index (χ4v) is 2.66. The monoisotopic (exact) mass is 502 g/mol. The van der Waals surface area contributed by atoms with Crippen LogP contribution in [0, 0.1) is 0 Å². The van der Waals surface area contributed by atoms with Gasteiger partial charge >= 0.3 is 11.9 Å². The van der Waals surface area contributed by atoms with Crippen LogP contribution in [-0.2, 0) is 28.8 Å². The predicted molar refractivity (Wildman–Crippen MR) is 122 cm³/mol. The van der Waals surface area contributed by atoms with Crippen LogP contribution in [0.4, 0.5) is 0 Å². The number of carbonyl (C=O) groups excluding carboxylic acids is 4. The third kappa shape index (κ3) is 14.0. The molecule has 0 aliphatic carbocycles. The summed E-state index contributed by atoms with van der Waals surface area (Å²) in [5.74, 6) is -5.95. The Labute approximate surface area is 201 Å². The van der Waals surface area contributed by atoms with Crippen LogP contribution >= 0.6 is 0 Å². The van der Waals surface area contributed by atoms with Crippen LogP contribution in [0.25, 0.3) is 0 Å². The molecule has 0 aliphatic heterocycles. The van der Waals surface area contributed by atoms with Crippen molar-refractivity contribution < 1.29 is 39.0 Å². The molecule has 0 aromatic heterocycles. The van der Waals surface area contributed by atoms with E-state index in [1.807, 2.05) is 0 Å². The lowest BCUT2D eigenvalue weighted by molar-refractivity contribution is -0.141. The lowest BCUT2D eigenvalue weighted by atomic mass is 10.1. The third-order valence-electron chi connectivity index (χ3n) is 4.63. The number of carboxylic acids is 2. The Morgan fingerprint density at radius 3 is 1.86 bits per heavy atom. The number of hydrogen-bond donors (Lipinski definition) is 9. The standard InChI is InChI=1S/C19H34N8O8/c1-9(18(34)35)25-16(32)11(3-2-8-24-19(22)23)27-17(33)12(5-7-14(29)30)26-15(31)10(20)4-6-13(21)28/h9-12H,2-8,20H2,1H3,(H2,21,28)(H,25,32)(H,26,31)(H,27,33)(H,29,30)(H,34,35)(H4,22,23,24). The number of aliphatic carboxylic acids is 2. The molecule has 16 nitrogen and oxygen atoms in total. The van der Waals surface area contributed by atoms with E-state index in [-0.39, 0.29) is 44.6 Å². The van der Waals surface area contributed by atoms with Gasteiger partial charge in [-0.3, -0.25) is 33.8 Å². The van der Waals surface area contributed by atoms with Crippen LogP contribution < -0.4 is 38.9 Å². The zero-order valence-electron chi connectivity index (χ0n) is 19.4. The minimum absolute atomic E-state index is 0.00157. The number of rotatable bonds is 17. The fraction of sp³-hybridized carbons (Fsp3) is 0.632. The van der Waals surface area contributed by atoms with Gasteiger partial charge in [0.1, 0.15) is 18.1 Å². The number of primary amides is 1. The van der Waals surface area contributed by atoms with Crippen LogP contribution in [-0.4, -0.2) is 82.5 Å². The van der Waals surface area contributed by atoms with E-state index >= 15 is 0 Å². The van der Waals surface area contributed by atoms with Crippen molar-refractivity contribution in [1.82, 2.24) is 16.0 Å². The lowest BCUT2D eigenvalue weighted by Crippen LogP contribution is -2.57. The number of nitrogens with one attached hydrogen (secondary N) is 3. The number of carboxylic acid groups (broad SMARTS) is 2. The number of guanidine groups is 1. The first-order chi connectivity index (χ1) is 16.2. The van der Waals surface area contributed by atoms with Crippen LogP contribution in [0.15, 0.2) is 4.99 Å². The van der Waals surface area contributed by atoms with Gasteiger partial charge < -0.3 is 49.1 Å². The molecule has 4 amide bonds. The van der Waals surface area contributed by atoms with Crippen molar-refractivity contribution in [2.24, 2.45) is 27.9 Å². The molecular formula is C19H34N8O8. The maximum absolute atomic E-state index is 12.9. The van der Waals surface area contributed by atoms with E-state index in [1.165, 1.54) is 6.92 Å². The molecule has 16 heteroatoms. The number of aliphatic imine (C=N–C) groups is 1. The Bertz CT molecular complexity index is 815. The molecule has 0 rings (SSSR count). The first kappa shape index (κ1) is 31.0. The molecule has 0 fully saturated rings. The molecule has 198 valence electrons. The molecule has 4 atom stereocenters. The van der Waals surface area contributed by atoms with Gasteiger partial charge in [0.2, 0.25) is 23.6 Å². The van der Waals surface area contributed by atoms with Gasteiger partial charge in [-0.15, -0.1) is 0 Å². The molecule has 0 aromatic carbocycles. The summed E-state index contributed by atoms with van der Waals surface area (Å²) in [6.45, 7) is 1.34. The van der Waals surface area contributed by atoms with Gasteiger partial charge in [-0.25, -0.2) is 0 Å². The van der Waals surface area contributed by atoms with Crippen molar-refractivity contribution in [3.8, 4) is 0 Å². The molecule has 35 heavy (non-hydrogen) atoms. The highest BCUT2D eigenvalue weighted by Crippen LogP contribution is 2.05. The topological polar surface area (TPSA) is 295 Å². The Morgan fingerprint density at radius 2 is 1.34 bits per heavy atom. The quantitative estimate of drug-likeness (QED) is 0.0525. The molecule has 13 N–H and O–H groups in total. The van der Waals surface area contributed by atoms with Crippen LogP contribution in [0.5, 0.6) is 0 Å². The second-order valence-electron chi connectivity index (χ2n) is 7.68. The summed E-state index contributed by atoms with van der Waals surface area (Å²) in [6, 6.07) is -5.09. The lowest BCUT2D eigenvalue weighted by Gasteiger charge is -2.24. The molecule has 0 saturated heterocycles. The average molecular weight is 503 g/mol. The molecular weight excluding hydrogens is 468 g/mol. The highest BCUT2D eigenvalue weighted by atomic mass is 16.4. The SMILES string of the molecule is CC(NC(=O)C(CCCN=C(N)N)NC(=O)C(CCC(=O)O)NC(=O)C(N)CCC(N)=O)C(=O)O. The Hall–Kier alpha value is -3.95. The fourth-order valence-electron chi connectivity index (χ4n) is 2.66. The van der Waals surface area contributed by atoms with E-state index in [2.05, 4.69) is 20.9 Å². The first-order valence-electron chi connectivity index (χ1n) is 10.7. The molecule has 0 radical (unpaired) electrons. The van der Waals surface area contributed by atoms with Gasteiger partial charge in [0.05, 0.1) is 6.04 Å². The highest BCUT2D eigenvalue weighted by molar-refractivity contribution is 5.94. The number of nitrogens with two attached hydrogens (primary N) is 4. The molecule has 0 aliphatic rings. The van der Waals surface area contributed by atoms with Crippen molar-refractivity contribution in [3.05, 3.63) is 0 Å². The van der Waals surface area contributed by atoms with Gasteiger partial charge in [-0.05, 0) is 32.6 Å². The molecule has 0 bridgehead atoms. The van der Waals surface area contributed by atoms with Crippen LogP contribution in [0.3, 0.4) is 0 Å². The summed E-state index contributed by atoms with van der Waals surface area (Å²) >= 11 is 0. The Balaban J connectivity index is 5.50. The minimum Gasteiger partial charge on any atom is -0.481 e. The Morgan fingerprint density at radius 1 is 0.800 bits per heavy atom. The summed E-state index contributed by atoms with van der Waals surface area (Å²) in [5.41, 5.74) is 21.2. The zero-order chi connectivity index (χ0) is 27.1. The Kier molecular flexibility index (Phi) is 14.0. The molecule has 0 aromatic rings. The number of nitrogens with zero attached hydrogens (tertiary/aromatic N) is 1. The van der Waals surface area contributed by atoms with E-state index < -0.39 is 66.2 Å². The maximum Gasteiger partial charge on any atom is 0.325 e. The van der Waals surface area contributed by atoms with Crippen molar-refractivity contribution in [3.63, 3.8) is 0 Å². The molecule has 4 unspecified atom stereocenters. The van der Waals surface area contributed by atoms with Crippen molar-refractivity contribution in [2.75, 3.05) is 6.54 Å². The maximum atomic E-state index is 12.9. The highest BCUT2D eigenvalue weighted by Gasteiger charge is 2.29. The average Bonchev–Trinajstić information content (AvgIpc) is 2.75. The molecule has 0 saturated carbocycles. The van der Waals surface area contributed by atoms with E-state index in [0.717, 1.165) is 0 Å². The van der Waals surface area contributed by atoms with Gasteiger partial charge in [0.25, 0.3) is 0 Å². The summed E-state index contributed by atoms with van der Waals surface area (Å²) < 4.78 is 0. The third-order valence-corrected chi connectivity index (χ3v) is 4.63. The van der Waals surface area contributed by atoms with Crippen LogP contribution in [0.1, 0.15) is 45.4 Å². The summed E-state index contributed by atoms with van der Waals surface area (Å²) in [7, 11) is 0. The minimum atomic E-state index is -1.39. The van der Waals surface area contributed by atoms with E-state index in [0.29, 0.717) is 0 Å². The van der Waals surface area contributed by atoms with Gasteiger partial charge in [-0.2, -0.15) is 0 Å². The second kappa shape index (κ2) is 15.8. The van der Waals surface area contributed by atoms with Crippen LogP contribution in [0.2, 0.25) is 0 Å². The second-order valence-corrected chi connectivity index (χ2v) is 7.68. The largest absolute Gasteiger partial charge is 0.481 e. The van der Waals surface area contributed by atoms with Crippen molar-refractivity contribution >= 4 is 41.5 Å². The predicted octanol–water partition coefficient (Wildman–Crippen LogP) is -3.94. The summed E-state index contributed by atoms with van der Waals surface area (Å²) in [4.78, 5) is 74.5. The van der Waals surface area contributed by atoms with E-state index in [9.17, 15) is 28.8 Å². The summed E-state index contributed by atoms with van der Waals surface area (Å²) in [5, 5.41) is 24.9. The van der Waals surface area contributed by atoms with Crippen molar-refractivity contribution in [1.29, 1.82) is 0 Å². The number of carbonyl (C=O) groups is 6. The smallest absolute Gasteiger partial charge is 0.325 e. The first-order valence-corrected chi connectivity index (χ1v) is 10.7. The normalized spacial score (nSPS) is 13.9. The van der Waals surface area contributed by atoms with Crippen molar-refractivity contribution in [2.45, 2.75) is 69.6 Å². The number of amides is 4. The van der Waals surface area contributed by atoms with E-state index in [1.54, 1.807) is 0 Å². The van der Waals surface area contributed by atoms with Gasteiger partial charge in [0, 0.05) is 19.4 Å². The summed E-state index contributed by atoms with van der Waals surface area (Å²) in [6.07, 6.45) is -0.881. The van der Waals surface area contributed by atoms with E-state index in [4.69, 9.17) is 33.1 Å². The molecule has 0 heterocycles. The van der Waals surface area contributed by atoms with Gasteiger partial charge in [0.15, 0.2) is 5.96 Å². The zero-order valence-corrected chi connectivity index (χ0v) is 19.4. The van der Waals surface area contributed by atoms with Gasteiger partial charge in [-0.1, -0.05) is 0 Å². The molecule has 0 spiro atoms.